The van der Waals surface area contributed by atoms with Crippen LogP contribution in [0.1, 0.15) is 17.4 Å². The summed E-state index contributed by atoms with van der Waals surface area (Å²) < 4.78 is 5.32. The molecule has 2 aromatic rings. The molecule has 0 aliphatic rings. The Morgan fingerprint density at radius 3 is 2.59 bits per heavy atom. The molecule has 0 aliphatic carbocycles. The van der Waals surface area contributed by atoms with Crippen LogP contribution in [0.25, 0.3) is 0 Å². The number of aromatic nitrogens is 2. The summed E-state index contributed by atoms with van der Waals surface area (Å²) in [5.41, 5.74) is 1.77. The molecule has 0 radical (unpaired) electrons. The van der Waals surface area contributed by atoms with E-state index in [4.69, 9.17) is 4.74 Å². The van der Waals surface area contributed by atoms with E-state index in [0.717, 1.165) is 17.1 Å². The van der Waals surface area contributed by atoms with Crippen molar-refractivity contribution in [2.45, 2.75) is 6.04 Å². The highest BCUT2D eigenvalue weighted by Crippen LogP contribution is 2.26. The number of methoxy groups -OCH3 is 1. The molecule has 0 aliphatic heterocycles. The molecule has 0 aromatic carbocycles. The van der Waals surface area contributed by atoms with Crippen LogP contribution >= 0.6 is 0 Å². The van der Waals surface area contributed by atoms with Crippen molar-refractivity contribution in [1.82, 2.24) is 15.3 Å². The number of pyridine rings is 2. The van der Waals surface area contributed by atoms with Gasteiger partial charge in [0.25, 0.3) is 0 Å². The zero-order valence-corrected chi connectivity index (χ0v) is 9.92. The van der Waals surface area contributed by atoms with Gasteiger partial charge in [-0.05, 0) is 31.3 Å². The maximum Gasteiger partial charge on any atom is 0.142 e. The molecule has 1 unspecified atom stereocenters. The number of nitrogens with zero attached hydrogens (tertiary/aromatic N) is 2. The number of hydrogen-bond acceptors (Lipinski definition) is 4. The van der Waals surface area contributed by atoms with Gasteiger partial charge in [-0.1, -0.05) is 6.07 Å². The minimum Gasteiger partial charge on any atom is -0.495 e. The molecule has 1 N–H and O–H groups in total. The standard InChI is InChI=1S/C13H15N3O/c1-14-12(10-6-3-4-8-15-10)13-11(17-2)7-5-9-16-13/h3-9,12,14H,1-2H3. The maximum absolute atomic E-state index is 5.32. The molecule has 2 rings (SSSR count). The highest BCUT2D eigenvalue weighted by molar-refractivity contribution is 5.34. The highest BCUT2D eigenvalue weighted by Gasteiger charge is 2.18. The monoisotopic (exact) mass is 229 g/mol. The molecule has 0 bridgehead atoms. The van der Waals surface area contributed by atoms with Crippen LogP contribution in [-0.4, -0.2) is 24.1 Å². The molecule has 4 nitrogen and oxygen atoms in total. The topological polar surface area (TPSA) is 47.0 Å². The molecular formula is C13H15N3O. The smallest absolute Gasteiger partial charge is 0.142 e. The summed E-state index contributed by atoms with van der Waals surface area (Å²) in [6, 6.07) is 9.51. The van der Waals surface area contributed by atoms with E-state index >= 15 is 0 Å². The molecule has 2 aromatic heterocycles. The van der Waals surface area contributed by atoms with Gasteiger partial charge < -0.3 is 10.1 Å². The first-order chi connectivity index (χ1) is 8.36. The van der Waals surface area contributed by atoms with Crippen LogP contribution in [0.3, 0.4) is 0 Å². The molecule has 2 heterocycles. The van der Waals surface area contributed by atoms with E-state index in [1.54, 1.807) is 19.5 Å². The Morgan fingerprint density at radius 1 is 1.12 bits per heavy atom. The average molecular weight is 229 g/mol. The summed E-state index contributed by atoms with van der Waals surface area (Å²) in [6.07, 6.45) is 3.53. The normalized spacial score (nSPS) is 12.1. The van der Waals surface area contributed by atoms with Crippen LogP contribution in [0, 0.1) is 0 Å². The Labute approximate surface area is 101 Å². The predicted molar refractivity (Wildman–Crippen MR) is 65.9 cm³/mol. The number of nitrogens with one attached hydrogen (secondary N) is 1. The number of ether oxygens (including phenoxy) is 1. The largest absolute Gasteiger partial charge is 0.495 e. The molecule has 88 valence electrons. The molecular weight excluding hydrogens is 214 g/mol. The Bertz CT molecular complexity index is 473. The van der Waals surface area contributed by atoms with Crippen LogP contribution in [0.15, 0.2) is 42.7 Å². The second kappa shape index (κ2) is 5.41. The van der Waals surface area contributed by atoms with Gasteiger partial charge in [0.05, 0.1) is 18.8 Å². The van der Waals surface area contributed by atoms with Crippen molar-refractivity contribution in [3.8, 4) is 5.75 Å². The van der Waals surface area contributed by atoms with E-state index in [-0.39, 0.29) is 6.04 Å². The van der Waals surface area contributed by atoms with E-state index in [1.165, 1.54) is 0 Å². The van der Waals surface area contributed by atoms with Gasteiger partial charge in [0, 0.05) is 12.4 Å². The predicted octanol–water partition coefficient (Wildman–Crippen LogP) is 1.79. The van der Waals surface area contributed by atoms with Crippen molar-refractivity contribution in [2.75, 3.05) is 14.2 Å². The molecule has 0 amide bonds. The lowest BCUT2D eigenvalue weighted by molar-refractivity contribution is 0.401. The zero-order chi connectivity index (χ0) is 12.1. The lowest BCUT2D eigenvalue weighted by Crippen LogP contribution is -2.20. The Balaban J connectivity index is 2.42. The van der Waals surface area contributed by atoms with Crippen LogP contribution < -0.4 is 10.1 Å². The van der Waals surface area contributed by atoms with Crippen molar-refractivity contribution in [2.24, 2.45) is 0 Å². The molecule has 1 atom stereocenters. The summed E-state index contributed by atoms with van der Waals surface area (Å²) in [7, 11) is 3.53. The molecule has 0 saturated heterocycles. The van der Waals surface area contributed by atoms with Gasteiger partial charge in [0.15, 0.2) is 0 Å². The van der Waals surface area contributed by atoms with Crippen LogP contribution in [0.4, 0.5) is 0 Å². The van der Waals surface area contributed by atoms with Gasteiger partial charge in [-0.2, -0.15) is 0 Å². The van der Waals surface area contributed by atoms with Crippen LogP contribution in [-0.2, 0) is 0 Å². The molecule has 17 heavy (non-hydrogen) atoms. The summed E-state index contributed by atoms with van der Waals surface area (Å²) in [5.74, 6) is 0.762. The summed E-state index contributed by atoms with van der Waals surface area (Å²) in [5, 5.41) is 3.20. The van der Waals surface area contributed by atoms with E-state index in [2.05, 4.69) is 15.3 Å². The van der Waals surface area contributed by atoms with E-state index in [0.29, 0.717) is 0 Å². The van der Waals surface area contributed by atoms with Gasteiger partial charge in [0.2, 0.25) is 0 Å². The van der Waals surface area contributed by atoms with E-state index in [9.17, 15) is 0 Å². The summed E-state index contributed by atoms with van der Waals surface area (Å²) in [4.78, 5) is 8.71. The first-order valence-corrected chi connectivity index (χ1v) is 5.44. The SMILES string of the molecule is CNC(c1ccccn1)c1ncccc1OC. The minimum atomic E-state index is -0.0626. The van der Waals surface area contributed by atoms with Gasteiger partial charge in [-0.15, -0.1) is 0 Å². The Hall–Kier alpha value is -1.94. The minimum absolute atomic E-state index is 0.0626. The Morgan fingerprint density at radius 2 is 1.94 bits per heavy atom. The van der Waals surface area contributed by atoms with Crippen molar-refractivity contribution < 1.29 is 4.74 Å². The summed E-state index contributed by atoms with van der Waals surface area (Å²) in [6.45, 7) is 0. The van der Waals surface area contributed by atoms with Crippen LogP contribution in [0.5, 0.6) is 5.75 Å². The highest BCUT2D eigenvalue weighted by atomic mass is 16.5. The fourth-order valence-electron chi connectivity index (χ4n) is 1.76. The van der Waals surface area contributed by atoms with Gasteiger partial charge >= 0.3 is 0 Å². The number of hydrogen-bond donors (Lipinski definition) is 1. The average Bonchev–Trinajstić information content (AvgIpc) is 2.41. The molecule has 0 saturated carbocycles. The third-order valence-electron chi connectivity index (χ3n) is 2.57. The quantitative estimate of drug-likeness (QED) is 0.868. The van der Waals surface area contributed by atoms with Crippen molar-refractivity contribution in [3.05, 3.63) is 54.1 Å². The fourth-order valence-corrected chi connectivity index (χ4v) is 1.76. The van der Waals surface area contributed by atoms with Crippen molar-refractivity contribution in [1.29, 1.82) is 0 Å². The maximum atomic E-state index is 5.32. The summed E-state index contributed by atoms with van der Waals surface area (Å²) >= 11 is 0. The molecule has 0 spiro atoms. The lowest BCUT2D eigenvalue weighted by Gasteiger charge is -2.17. The van der Waals surface area contributed by atoms with Gasteiger partial charge in [-0.25, -0.2) is 0 Å². The second-order valence-electron chi connectivity index (χ2n) is 3.57. The van der Waals surface area contributed by atoms with Crippen molar-refractivity contribution in [3.63, 3.8) is 0 Å². The van der Waals surface area contributed by atoms with E-state index < -0.39 is 0 Å². The first-order valence-electron chi connectivity index (χ1n) is 5.44. The first kappa shape index (κ1) is 11.5. The molecule has 0 fully saturated rings. The van der Waals surface area contributed by atoms with Crippen molar-refractivity contribution >= 4 is 0 Å². The lowest BCUT2D eigenvalue weighted by atomic mass is 10.1. The fraction of sp³-hybridized carbons (Fsp3) is 0.231. The Kier molecular flexibility index (Phi) is 3.67. The zero-order valence-electron chi connectivity index (χ0n) is 9.92. The van der Waals surface area contributed by atoms with Gasteiger partial charge in [-0.3, -0.25) is 9.97 Å². The third kappa shape index (κ3) is 2.42. The van der Waals surface area contributed by atoms with E-state index in [1.807, 2.05) is 37.4 Å². The van der Waals surface area contributed by atoms with Crippen LogP contribution in [0.2, 0.25) is 0 Å². The van der Waals surface area contributed by atoms with Gasteiger partial charge in [0.1, 0.15) is 11.4 Å². The molecule has 4 heteroatoms. The third-order valence-corrected chi connectivity index (χ3v) is 2.57. The second-order valence-corrected chi connectivity index (χ2v) is 3.57. The number of rotatable bonds is 4.